The van der Waals surface area contributed by atoms with Crippen LogP contribution in [0.1, 0.15) is 58.4 Å². The van der Waals surface area contributed by atoms with Gasteiger partial charge in [0.15, 0.2) is 0 Å². The van der Waals surface area contributed by atoms with Crippen LogP contribution in [0, 0.1) is 0 Å². The van der Waals surface area contributed by atoms with Crippen molar-refractivity contribution in [3.8, 4) is 0 Å². The molecule has 0 bridgehead atoms. The van der Waals surface area contributed by atoms with Gasteiger partial charge in [0.25, 0.3) is 5.91 Å². The lowest BCUT2D eigenvalue weighted by atomic mass is 9.77. The SMILES string of the molecule is C=C/C=C(C(=O)NCC(CO)(CCCN)c1ccccc1)\C(=C/CC)OC.CCCC.NSO. The Hall–Kier alpha value is -2.10. The number of carbonyl (C=O) groups excluding carboxylic acids is 1. The molecule has 0 heterocycles. The van der Waals surface area contributed by atoms with E-state index in [9.17, 15) is 9.90 Å². The third-order valence-electron chi connectivity index (χ3n) is 5.04. The van der Waals surface area contributed by atoms with Crippen molar-refractivity contribution >= 4 is 18.1 Å². The molecule has 0 aliphatic carbocycles. The summed E-state index contributed by atoms with van der Waals surface area (Å²) >= 11 is 0.250. The van der Waals surface area contributed by atoms with Crippen molar-refractivity contribution in [3.63, 3.8) is 0 Å². The van der Waals surface area contributed by atoms with Gasteiger partial charge >= 0.3 is 0 Å². The number of nitrogens with two attached hydrogens (primary N) is 2. The van der Waals surface area contributed by atoms with E-state index in [1.807, 2.05) is 43.3 Å². The third kappa shape index (κ3) is 13.6. The molecule has 0 saturated heterocycles. The van der Waals surface area contributed by atoms with E-state index in [2.05, 4.69) is 30.9 Å². The average molecular weight is 496 g/mol. The number of benzene rings is 1. The van der Waals surface area contributed by atoms with Crippen molar-refractivity contribution in [2.24, 2.45) is 10.9 Å². The summed E-state index contributed by atoms with van der Waals surface area (Å²) in [6, 6.07) is 9.73. The van der Waals surface area contributed by atoms with Crippen LogP contribution >= 0.6 is 12.2 Å². The quantitative estimate of drug-likeness (QED) is 0.0881. The van der Waals surface area contributed by atoms with Gasteiger partial charge in [0.2, 0.25) is 0 Å². The van der Waals surface area contributed by atoms with Gasteiger partial charge in [0.05, 0.1) is 31.5 Å². The van der Waals surface area contributed by atoms with E-state index in [0.29, 0.717) is 30.8 Å². The van der Waals surface area contributed by atoms with Crippen LogP contribution in [-0.2, 0) is 14.9 Å². The molecule has 7 nitrogen and oxygen atoms in total. The Kier molecular flexibility index (Phi) is 22.7. The summed E-state index contributed by atoms with van der Waals surface area (Å²) in [7, 11) is 1.54. The Morgan fingerprint density at radius 3 is 2.24 bits per heavy atom. The fraction of sp³-hybridized carbons (Fsp3) is 0.500. The summed E-state index contributed by atoms with van der Waals surface area (Å²) in [5.74, 6) is 0.240. The summed E-state index contributed by atoms with van der Waals surface area (Å²) in [5.41, 5.74) is 6.49. The van der Waals surface area contributed by atoms with Crippen LogP contribution in [0.25, 0.3) is 0 Å². The van der Waals surface area contributed by atoms with Gasteiger partial charge < -0.3 is 25.4 Å². The molecule has 1 unspecified atom stereocenters. The number of hydrogen-bond acceptors (Lipinski definition) is 7. The molecule has 0 aliphatic rings. The topological polar surface area (TPSA) is 131 Å². The lowest BCUT2D eigenvalue weighted by molar-refractivity contribution is -0.117. The number of nitrogens with one attached hydrogen (secondary N) is 1. The molecular formula is C26H45N3O4S. The standard InChI is InChI=1S/C22H32N2O3.C4H10.H3NOS/c1-4-10-19(20(27-3)11-5-2)21(26)24-16-22(17-25,14-9-15-23)18-12-7-6-8-13-18;1-3-4-2;1-3-2/h4,6-8,10-13,25H,1,5,9,14-17,23H2,2-3H3,(H,24,26);3-4H2,1-2H3;2H,1H2/b19-10+,20-11+;;. The van der Waals surface area contributed by atoms with E-state index >= 15 is 0 Å². The highest BCUT2D eigenvalue weighted by Gasteiger charge is 2.32. The van der Waals surface area contributed by atoms with Crippen LogP contribution in [0.15, 0.2) is 66.5 Å². The number of rotatable bonds is 13. The molecule has 34 heavy (non-hydrogen) atoms. The number of hydrogen-bond donors (Lipinski definition) is 5. The van der Waals surface area contributed by atoms with Gasteiger partial charge in [-0.1, -0.05) is 76.6 Å². The lowest BCUT2D eigenvalue weighted by Crippen LogP contribution is -2.44. The third-order valence-corrected chi connectivity index (χ3v) is 5.04. The Morgan fingerprint density at radius 2 is 1.82 bits per heavy atom. The monoisotopic (exact) mass is 495 g/mol. The second kappa shape index (κ2) is 22.7. The number of carbonyl (C=O) groups is 1. The van der Waals surface area contributed by atoms with Crippen LogP contribution in [-0.4, -0.2) is 42.4 Å². The van der Waals surface area contributed by atoms with Gasteiger partial charge in [-0.2, -0.15) is 0 Å². The predicted octanol–water partition coefficient (Wildman–Crippen LogP) is 4.70. The Morgan fingerprint density at radius 1 is 1.24 bits per heavy atom. The van der Waals surface area contributed by atoms with Crippen molar-refractivity contribution < 1.29 is 19.2 Å². The first-order valence-corrected chi connectivity index (χ1v) is 12.5. The molecule has 1 amide bonds. The maximum Gasteiger partial charge on any atom is 0.255 e. The molecule has 1 atom stereocenters. The highest BCUT2D eigenvalue weighted by atomic mass is 32.2. The van der Waals surface area contributed by atoms with Crippen molar-refractivity contribution in [2.45, 2.75) is 58.3 Å². The molecule has 0 spiro atoms. The largest absolute Gasteiger partial charge is 0.496 e. The van der Waals surface area contributed by atoms with E-state index in [1.54, 1.807) is 12.2 Å². The maximum absolute atomic E-state index is 12.8. The molecule has 1 aromatic rings. The Bertz CT molecular complexity index is 709. The maximum atomic E-state index is 12.8. The zero-order valence-electron chi connectivity index (χ0n) is 21.3. The van der Waals surface area contributed by atoms with Crippen LogP contribution in [0.2, 0.25) is 0 Å². The number of aliphatic hydroxyl groups excluding tert-OH is 1. The van der Waals surface area contributed by atoms with Gasteiger partial charge in [0, 0.05) is 12.0 Å². The summed E-state index contributed by atoms with van der Waals surface area (Å²) in [6.45, 7) is 10.8. The predicted molar refractivity (Wildman–Crippen MR) is 145 cm³/mol. The smallest absolute Gasteiger partial charge is 0.255 e. The second-order valence-electron chi connectivity index (χ2n) is 7.48. The van der Waals surface area contributed by atoms with Crippen molar-refractivity contribution in [1.82, 2.24) is 5.32 Å². The Balaban J connectivity index is 0. The average Bonchev–Trinajstić information content (AvgIpc) is 2.87. The number of unbranched alkanes of at least 4 members (excludes halogenated alkanes) is 1. The molecule has 0 radical (unpaired) electrons. The van der Waals surface area contributed by atoms with Crippen molar-refractivity contribution in [1.29, 1.82) is 0 Å². The molecule has 1 aromatic carbocycles. The molecule has 1 rings (SSSR count). The lowest BCUT2D eigenvalue weighted by Gasteiger charge is -2.33. The van der Waals surface area contributed by atoms with Crippen molar-refractivity contribution in [3.05, 3.63) is 72.0 Å². The van der Waals surface area contributed by atoms with E-state index in [-0.39, 0.29) is 24.7 Å². The van der Waals surface area contributed by atoms with Gasteiger partial charge in [-0.3, -0.25) is 9.93 Å². The summed E-state index contributed by atoms with van der Waals surface area (Å²) in [6.07, 6.45) is 9.84. The van der Waals surface area contributed by atoms with E-state index < -0.39 is 5.41 Å². The highest BCUT2D eigenvalue weighted by molar-refractivity contribution is 7.91. The molecule has 194 valence electrons. The van der Waals surface area contributed by atoms with E-state index in [1.165, 1.54) is 20.0 Å². The van der Waals surface area contributed by atoms with Crippen LogP contribution < -0.4 is 16.2 Å². The molecule has 0 saturated carbocycles. The number of amides is 1. The Labute approximate surface area is 210 Å². The minimum absolute atomic E-state index is 0.0836. The van der Waals surface area contributed by atoms with E-state index in [0.717, 1.165) is 18.4 Å². The molecule has 0 aromatic heterocycles. The fourth-order valence-corrected chi connectivity index (χ4v) is 3.01. The normalized spacial score (nSPS) is 12.8. The first-order valence-electron chi connectivity index (χ1n) is 11.6. The second-order valence-corrected chi connectivity index (χ2v) is 7.69. The fourth-order valence-electron chi connectivity index (χ4n) is 3.01. The molecule has 8 heteroatoms. The zero-order valence-corrected chi connectivity index (χ0v) is 22.1. The minimum atomic E-state index is -0.586. The first-order chi connectivity index (χ1) is 16.4. The summed E-state index contributed by atoms with van der Waals surface area (Å²) in [5, 5.41) is 17.5. The van der Waals surface area contributed by atoms with Gasteiger partial charge in [0.1, 0.15) is 5.76 Å². The van der Waals surface area contributed by atoms with Gasteiger partial charge in [-0.25, -0.2) is 0 Å². The number of aliphatic hydroxyl groups is 1. The number of ether oxygens (including phenoxy) is 1. The zero-order chi connectivity index (χ0) is 26.2. The highest BCUT2D eigenvalue weighted by Crippen LogP contribution is 2.28. The van der Waals surface area contributed by atoms with Crippen molar-refractivity contribution in [2.75, 3.05) is 26.8 Å². The summed E-state index contributed by atoms with van der Waals surface area (Å²) in [4.78, 5) is 12.8. The van der Waals surface area contributed by atoms with Gasteiger partial charge in [-0.05, 0) is 43.5 Å². The molecule has 7 N–H and O–H groups in total. The van der Waals surface area contributed by atoms with Gasteiger partial charge in [-0.15, -0.1) is 0 Å². The van der Waals surface area contributed by atoms with Crippen LogP contribution in [0.4, 0.5) is 0 Å². The first kappa shape index (κ1) is 34.1. The minimum Gasteiger partial charge on any atom is -0.496 e. The number of allylic oxidation sites excluding steroid dienone is 3. The molecule has 0 fully saturated rings. The van der Waals surface area contributed by atoms with Crippen LogP contribution in [0.5, 0.6) is 0 Å². The van der Waals surface area contributed by atoms with Crippen LogP contribution in [0.3, 0.4) is 0 Å². The molecule has 0 aliphatic heterocycles. The van der Waals surface area contributed by atoms with E-state index in [4.69, 9.17) is 15.0 Å². The summed E-state index contributed by atoms with van der Waals surface area (Å²) < 4.78 is 12.6. The molecular weight excluding hydrogens is 450 g/mol. The number of methoxy groups -OCH3 is 1.